The van der Waals surface area contributed by atoms with Gasteiger partial charge in [0.25, 0.3) is 0 Å². The Bertz CT molecular complexity index is 493. The van der Waals surface area contributed by atoms with Crippen molar-refractivity contribution < 1.29 is 4.79 Å². The fraction of sp³-hybridized carbons (Fsp3) is 0.706. The SMILES string of the molecule is Cc1cc(C(=O)CN2CCCCC2)c(C)n1C1CCC1. The van der Waals surface area contributed by atoms with Crippen molar-refractivity contribution in [2.75, 3.05) is 19.6 Å². The normalized spacial score (nSPS) is 20.9. The summed E-state index contributed by atoms with van der Waals surface area (Å²) in [5, 5.41) is 0. The highest BCUT2D eigenvalue weighted by Gasteiger charge is 2.25. The van der Waals surface area contributed by atoms with Gasteiger partial charge in [-0.05, 0) is 65.1 Å². The molecular formula is C17H26N2O. The molecule has 1 aliphatic heterocycles. The van der Waals surface area contributed by atoms with Crippen LogP contribution in [0.1, 0.15) is 66.3 Å². The van der Waals surface area contributed by atoms with Gasteiger partial charge in [0.15, 0.2) is 5.78 Å². The second-order valence-electron chi connectivity index (χ2n) is 6.50. The number of Topliss-reactive ketones (excluding diaryl/α,β-unsaturated/α-hetero) is 1. The van der Waals surface area contributed by atoms with E-state index in [-0.39, 0.29) is 0 Å². The van der Waals surface area contributed by atoms with E-state index in [1.54, 1.807) is 0 Å². The first-order chi connectivity index (χ1) is 9.66. The molecule has 1 saturated carbocycles. The third kappa shape index (κ3) is 2.56. The zero-order chi connectivity index (χ0) is 14.1. The van der Waals surface area contributed by atoms with Crippen molar-refractivity contribution in [3.05, 3.63) is 23.0 Å². The first kappa shape index (κ1) is 13.9. The lowest BCUT2D eigenvalue weighted by molar-refractivity contribution is 0.0914. The molecule has 0 bridgehead atoms. The number of ketones is 1. The van der Waals surface area contributed by atoms with Gasteiger partial charge in [0, 0.05) is 23.0 Å². The van der Waals surface area contributed by atoms with Crippen molar-refractivity contribution in [2.45, 2.75) is 58.4 Å². The topological polar surface area (TPSA) is 25.2 Å². The van der Waals surface area contributed by atoms with E-state index in [9.17, 15) is 4.79 Å². The maximum absolute atomic E-state index is 12.6. The fourth-order valence-corrected chi connectivity index (χ4v) is 3.67. The lowest BCUT2D eigenvalue weighted by Gasteiger charge is -2.30. The molecule has 110 valence electrons. The van der Waals surface area contributed by atoms with Crippen LogP contribution in [0, 0.1) is 13.8 Å². The molecule has 0 N–H and O–H groups in total. The van der Waals surface area contributed by atoms with Crippen LogP contribution >= 0.6 is 0 Å². The van der Waals surface area contributed by atoms with Gasteiger partial charge in [0.2, 0.25) is 0 Å². The molecular weight excluding hydrogens is 248 g/mol. The van der Waals surface area contributed by atoms with Gasteiger partial charge in [0.1, 0.15) is 0 Å². The summed E-state index contributed by atoms with van der Waals surface area (Å²) < 4.78 is 2.40. The molecule has 3 rings (SSSR count). The van der Waals surface area contributed by atoms with Gasteiger partial charge in [-0.1, -0.05) is 6.42 Å². The zero-order valence-electron chi connectivity index (χ0n) is 12.8. The van der Waals surface area contributed by atoms with Crippen LogP contribution in [0.4, 0.5) is 0 Å². The number of likely N-dealkylation sites (tertiary alicyclic amines) is 1. The minimum atomic E-state index is 0.311. The van der Waals surface area contributed by atoms with Crippen LogP contribution in [0.15, 0.2) is 6.07 Å². The summed E-state index contributed by atoms with van der Waals surface area (Å²) in [6, 6.07) is 2.76. The van der Waals surface area contributed by atoms with E-state index < -0.39 is 0 Å². The molecule has 1 saturated heterocycles. The Morgan fingerprint density at radius 1 is 1.15 bits per heavy atom. The molecule has 3 nitrogen and oxygen atoms in total. The maximum Gasteiger partial charge on any atom is 0.178 e. The summed E-state index contributed by atoms with van der Waals surface area (Å²) in [5.41, 5.74) is 3.41. The molecule has 0 amide bonds. The zero-order valence-corrected chi connectivity index (χ0v) is 12.8. The summed E-state index contributed by atoms with van der Waals surface area (Å²) >= 11 is 0. The van der Waals surface area contributed by atoms with Gasteiger partial charge in [-0.25, -0.2) is 0 Å². The lowest BCUT2D eigenvalue weighted by atomic mass is 9.92. The highest BCUT2D eigenvalue weighted by molar-refractivity contribution is 5.99. The minimum Gasteiger partial charge on any atom is -0.345 e. The van der Waals surface area contributed by atoms with Crippen molar-refractivity contribution in [2.24, 2.45) is 0 Å². The van der Waals surface area contributed by atoms with Crippen LogP contribution in [0.5, 0.6) is 0 Å². The van der Waals surface area contributed by atoms with Gasteiger partial charge in [-0.15, -0.1) is 0 Å². The van der Waals surface area contributed by atoms with Crippen LogP contribution in [0.25, 0.3) is 0 Å². The quantitative estimate of drug-likeness (QED) is 0.785. The molecule has 1 aliphatic carbocycles. The maximum atomic E-state index is 12.6. The number of piperidine rings is 1. The van der Waals surface area contributed by atoms with Crippen LogP contribution < -0.4 is 0 Å². The minimum absolute atomic E-state index is 0.311. The van der Waals surface area contributed by atoms with E-state index >= 15 is 0 Å². The standard InChI is InChI=1S/C17H26N2O/c1-13-11-16(14(2)19(13)15-7-6-8-15)17(20)12-18-9-4-3-5-10-18/h11,15H,3-10,12H2,1-2H3. The summed E-state index contributed by atoms with van der Waals surface area (Å²) in [4.78, 5) is 14.9. The molecule has 1 aromatic heterocycles. The Labute approximate surface area is 122 Å². The number of carbonyl (C=O) groups is 1. The van der Waals surface area contributed by atoms with Gasteiger partial charge in [-0.2, -0.15) is 0 Å². The predicted octanol–water partition coefficient (Wildman–Crippen LogP) is 3.50. The van der Waals surface area contributed by atoms with Crippen molar-refractivity contribution in [3.8, 4) is 0 Å². The molecule has 2 aliphatic rings. The van der Waals surface area contributed by atoms with Crippen LogP contribution in [-0.4, -0.2) is 34.9 Å². The Balaban J connectivity index is 1.74. The summed E-state index contributed by atoms with van der Waals surface area (Å²) in [6.45, 7) is 7.05. The lowest BCUT2D eigenvalue weighted by Crippen LogP contribution is -2.34. The average molecular weight is 274 g/mol. The highest BCUT2D eigenvalue weighted by Crippen LogP contribution is 2.35. The largest absolute Gasteiger partial charge is 0.345 e. The molecule has 2 fully saturated rings. The van der Waals surface area contributed by atoms with Crippen molar-refractivity contribution in [1.82, 2.24) is 9.47 Å². The van der Waals surface area contributed by atoms with E-state index in [0.29, 0.717) is 18.4 Å². The highest BCUT2D eigenvalue weighted by atomic mass is 16.1. The number of carbonyl (C=O) groups excluding carboxylic acids is 1. The summed E-state index contributed by atoms with van der Waals surface area (Å²) in [7, 11) is 0. The van der Waals surface area contributed by atoms with E-state index in [4.69, 9.17) is 0 Å². The Hall–Kier alpha value is -1.09. The van der Waals surface area contributed by atoms with Crippen molar-refractivity contribution >= 4 is 5.78 Å². The molecule has 20 heavy (non-hydrogen) atoms. The number of aryl methyl sites for hydroxylation is 1. The van der Waals surface area contributed by atoms with Crippen LogP contribution in [0.3, 0.4) is 0 Å². The van der Waals surface area contributed by atoms with Gasteiger partial charge in [-0.3, -0.25) is 9.69 Å². The third-order valence-electron chi connectivity index (χ3n) is 5.04. The van der Waals surface area contributed by atoms with E-state index in [1.807, 2.05) is 0 Å². The van der Waals surface area contributed by atoms with Crippen LogP contribution in [-0.2, 0) is 0 Å². The fourth-order valence-electron chi connectivity index (χ4n) is 3.67. The van der Waals surface area contributed by atoms with Crippen molar-refractivity contribution in [3.63, 3.8) is 0 Å². The van der Waals surface area contributed by atoms with E-state index in [2.05, 4.69) is 29.4 Å². The molecule has 3 heteroatoms. The predicted molar refractivity (Wildman–Crippen MR) is 81.4 cm³/mol. The number of nitrogens with zero attached hydrogens (tertiary/aromatic N) is 2. The number of rotatable bonds is 4. The number of hydrogen-bond acceptors (Lipinski definition) is 2. The van der Waals surface area contributed by atoms with Crippen molar-refractivity contribution in [1.29, 1.82) is 0 Å². The molecule has 1 aromatic rings. The number of aromatic nitrogens is 1. The first-order valence-electron chi connectivity index (χ1n) is 8.11. The van der Waals surface area contributed by atoms with E-state index in [0.717, 1.165) is 18.7 Å². The summed E-state index contributed by atoms with van der Waals surface area (Å²) in [6.07, 6.45) is 7.69. The Morgan fingerprint density at radius 3 is 2.45 bits per heavy atom. The molecule has 0 radical (unpaired) electrons. The third-order valence-corrected chi connectivity index (χ3v) is 5.04. The average Bonchev–Trinajstić information content (AvgIpc) is 2.66. The van der Waals surface area contributed by atoms with Gasteiger partial charge in [0.05, 0.1) is 6.54 Å². The Kier molecular flexibility index (Phi) is 3.97. The second-order valence-corrected chi connectivity index (χ2v) is 6.50. The monoisotopic (exact) mass is 274 g/mol. The van der Waals surface area contributed by atoms with Gasteiger partial charge < -0.3 is 4.57 Å². The Morgan fingerprint density at radius 2 is 1.85 bits per heavy atom. The molecule has 0 unspecified atom stereocenters. The van der Waals surface area contributed by atoms with Crippen LogP contribution in [0.2, 0.25) is 0 Å². The molecule has 0 atom stereocenters. The second kappa shape index (κ2) is 5.72. The first-order valence-corrected chi connectivity index (χ1v) is 8.11. The van der Waals surface area contributed by atoms with Gasteiger partial charge >= 0.3 is 0 Å². The summed E-state index contributed by atoms with van der Waals surface area (Å²) in [5.74, 6) is 0.311. The molecule has 0 spiro atoms. The molecule has 2 heterocycles. The molecule has 0 aromatic carbocycles. The number of hydrogen-bond donors (Lipinski definition) is 0. The smallest absolute Gasteiger partial charge is 0.178 e. The van der Waals surface area contributed by atoms with E-state index in [1.165, 1.54) is 49.9 Å².